The largest absolute Gasteiger partial charge is 0.488 e. The molecule has 4 nitrogen and oxygen atoms in total. The normalized spacial score (nSPS) is 12.0. The first kappa shape index (κ1) is 15.4. The van der Waals surface area contributed by atoms with Gasteiger partial charge in [-0.2, -0.15) is 0 Å². The van der Waals surface area contributed by atoms with Crippen LogP contribution in [0.3, 0.4) is 0 Å². The van der Waals surface area contributed by atoms with E-state index in [1.807, 2.05) is 13.8 Å². The fourth-order valence-electron chi connectivity index (χ4n) is 1.59. The molecule has 0 spiro atoms. The molecule has 0 saturated heterocycles. The molecule has 106 valence electrons. The summed E-state index contributed by atoms with van der Waals surface area (Å²) in [6, 6.07) is 4.01. The summed E-state index contributed by atoms with van der Waals surface area (Å²) in [5, 5.41) is 2.95. The van der Waals surface area contributed by atoms with Crippen LogP contribution in [0.25, 0.3) is 0 Å². The number of esters is 1. The van der Waals surface area contributed by atoms with Crippen LogP contribution in [-0.2, 0) is 9.53 Å². The molecule has 0 fully saturated rings. The summed E-state index contributed by atoms with van der Waals surface area (Å²) in [6.07, 6.45) is 0. The van der Waals surface area contributed by atoms with Crippen molar-refractivity contribution in [2.75, 3.05) is 19.8 Å². The highest BCUT2D eigenvalue weighted by molar-refractivity contribution is 5.76. The van der Waals surface area contributed by atoms with Crippen molar-refractivity contribution < 1.29 is 18.7 Å². The number of carbonyl (C=O) groups excluding carboxylic acids is 1. The van der Waals surface area contributed by atoms with Gasteiger partial charge in [-0.1, -0.05) is 13.0 Å². The Labute approximate surface area is 112 Å². The molecule has 19 heavy (non-hydrogen) atoms. The van der Waals surface area contributed by atoms with Crippen molar-refractivity contribution in [2.45, 2.75) is 26.8 Å². The zero-order valence-electron chi connectivity index (χ0n) is 11.5. The van der Waals surface area contributed by atoms with Crippen LogP contribution in [0.2, 0.25) is 0 Å². The summed E-state index contributed by atoms with van der Waals surface area (Å²) < 4.78 is 23.8. The van der Waals surface area contributed by atoms with Gasteiger partial charge in [0.05, 0.1) is 6.61 Å². The number of halogens is 1. The Morgan fingerprint density at radius 3 is 2.79 bits per heavy atom. The fourth-order valence-corrected chi connectivity index (χ4v) is 1.59. The minimum atomic E-state index is -0.593. The first-order valence-corrected chi connectivity index (χ1v) is 6.37. The minimum absolute atomic E-state index is 0.0348. The Bertz CT molecular complexity index is 423. The van der Waals surface area contributed by atoms with Crippen molar-refractivity contribution in [3.05, 3.63) is 29.6 Å². The molecule has 5 heteroatoms. The SMILES string of the molecule is CCNC(COc1cc(C)ccc1F)C(=O)OCC. The predicted octanol–water partition coefficient (Wildman–Crippen LogP) is 2.05. The molecule has 0 aliphatic rings. The number of rotatable bonds is 7. The minimum Gasteiger partial charge on any atom is -0.488 e. The molecular formula is C14H20FNO3. The van der Waals surface area contributed by atoms with E-state index in [0.29, 0.717) is 13.2 Å². The molecule has 0 saturated carbocycles. The lowest BCUT2D eigenvalue weighted by Gasteiger charge is -2.17. The lowest BCUT2D eigenvalue weighted by Crippen LogP contribution is -2.42. The number of carbonyl (C=O) groups is 1. The second-order valence-electron chi connectivity index (χ2n) is 4.11. The summed E-state index contributed by atoms with van der Waals surface area (Å²) in [7, 11) is 0. The second kappa shape index (κ2) is 7.74. The van der Waals surface area contributed by atoms with Crippen molar-refractivity contribution >= 4 is 5.97 Å². The van der Waals surface area contributed by atoms with Crippen LogP contribution < -0.4 is 10.1 Å². The van der Waals surface area contributed by atoms with E-state index in [4.69, 9.17) is 9.47 Å². The van der Waals surface area contributed by atoms with E-state index in [1.54, 1.807) is 19.1 Å². The number of ether oxygens (including phenoxy) is 2. The van der Waals surface area contributed by atoms with Gasteiger partial charge in [-0.15, -0.1) is 0 Å². The van der Waals surface area contributed by atoms with Gasteiger partial charge in [0.15, 0.2) is 11.6 Å². The monoisotopic (exact) mass is 269 g/mol. The molecule has 0 aliphatic heterocycles. The van der Waals surface area contributed by atoms with E-state index in [1.165, 1.54) is 6.07 Å². The van der Waals surface area contributed by atoms with Crippen LogP contribution >= 0.6 is 0 Å². The third-order valence-electron chi connectivity index (χ3n) is 2.51. The first-order valence-electron chi connectivity index (χ1n) is 6.37. The molecular weight excluding hydrogens is 249 g/mol. The average molecular weight is 269 g/mol. The Morgan fingerprint density at radius 1 is 1.42 bits per heavy atom. The third-order valence-corrected chi connectivity index (χ3v) is 2.51. The molecule has 0 aliphatic carbocycles. The van der Waals surface area contributed by atoms with Crippen LogP contribution in [0.15, 0.2) is 18.2 Å². The highest BCUT2D eigenvalue weighted by atomic mass is 19.1. The number of aryl methyl sites for hydroxylation is 1. The maximum atomic E-state index is 13.5. The molecule has 0 radical (unpaired) electrons. The van der Waals surface area contributed by atoms with E-state index >= 15 is 0 Å². The van der Waals surface area contributed by atoms with Gasteiger partial charge in [0.2, 0.25) is 0 Å². The number of nitrogens with one attached hydrogen (secondary N) is 1. The first-order chi connectivity index (χ1) is 9.08. The summed E-state index contributed by atoms with van der Waals surface area (Å²) >= 11 is 0. The molecule has 0 amide bonds. The summed E-state index contributed by atoms with van der Waals surface area (Å²) in [5.41, 5.74) is 0.896. The molecule has 1 aromatic rings. The number of hydrogen-bond donors (Lipinski definition) is 1. The van der Waals surface area contributed by atoms with Crippen molar-refractivity contribution in [1.29, 1.82) is 0 Å². The molecule has 1 aromatic carbocycles. The van der Waals surface area contributed by atoms with Gasteiger partial charge in [0.25, 0.3) is 0 Å². The van der Waals surface area contributed by atoms with E-state index < -0.39 is 17.8 Å². The van der Waals surface area contributed by atoms with Crippen LogP contribution in [0.5, 0.6) is 5.75 Å². The van der Waals surface area contributed by atoms with Crippen LogP contribution in [0.4, 0.5) is 4.39 Å². The quantitative estimate of drug-likeness (QED) is 0.770. The zero-order valence-corrected chi connectivity index (χ0v) is 11.5. The topological polar surface area (TPSA) is 47.6 Å². The fraction of sp³-hybridized carbons (Fsp3) is 0.500. The van der Waals surface area contributed by atoms with Crippen molar-refractivity contribution in [2.24, 2.45) is 0 Å². The molecule has 1 unspecified atom stereocenters. The molecule has 0 heterocycles. The molecule has 0 aromatic heterocycles. The van der Waals surface area contributed by atoms with E-state index in [2.05, 4.69) is 5.32 Å². The zero-order chi connectivity index (χ0) is 14.3. The van der Waals surface area contributed by atoms with Crippen molar-refractivity contribution in [3.63, 3.8) is 0 Å². The summed E-state index contributed by atoms with van der Waals surface area (Å²) in [5.74, 6) is -0.686. The van der Waals surface area contributed by atoms with Crippen LogP contribution in [-0.4, -0.2) is 31.8 Å². The standard InChI is InChI=1S/C14H20FNO3/c1-4-16-12(14(17)18-5-2)9-19-13-8-10(3)6-7-11(13)15/h6-8,12,16H,4-5,9H2,1-3H3. The summed E-state index contributed by atoms with van der Waals surface area (Å²) in [4.78, 5) is 11.6. The summed E-state index contributed by atoms with van der Waals surface area (Å²) in [6.45, 7) is 6.40. The van der Waals surface area contributed by atoms with Gasteiger partial charge in [0.1, 0.15) is 12.6 Å². The Balaban J connectivity index is 2.65. The number of hydrogen-bond acceptors (Lipinski definition) is 4. The van der Waals surface area contributed by atoms with Gasteiger partial charge < -0.3 is 14.8 Å². The lowest BCUT2D eigenvalue weighted by molar-refractivity contribution is -0.146. The number of likely N-dealkylation sites (N-methyl/N-ethyl adjacent to an activating group) is 1. The molecule has 1 rings (SSSR count). The van der Waals surface area contributed by atoms with Crippen molar-refractivity contribution in [1.82, 2.24) is 5.32 Å². The molecule has 1 atom stereocenters. The average Bonchev–Trinajstić information content (AvgIpc) is 2.38. The third kappa shape index (κ3) is 4.87. The Hall–Kier alpha value is -1.62. The number of benzene rings is 1. The van der Waals surface area contributed by atoms with E-state index in [-0.39, 0.29) is 12.4 Å². The highest BCUT2D eigenvalue weighted by Gasteiger charge is 2.20. The van der Waals surface area contributed by atoms with Gasteiger partial charge in [-0.25, -0.2) is 4.39 Å². The second-order valence-corrected chi connectivity index (χ2v) is 4.11. The van der Waals surface area contributed by atoms with Crippen molar-refractivity contribution in [3.8, 4) is 5.75 Å². The Morgan fingerprint density at radius 2 is 2.16 bits per heavy atom. The Kier molecular flexibility index (Phi) is 6.29. The van der Waals surface area contributed by atoms with Gasteiger partial charge in [-0.05, 0) is 38.1 Å². The molecule has 1 N–H and O–H groups in total. The smallest absolute Gasteiger partial charge is 0.326 e. The van der Waals surface area contributed by atoms with Gasteiger partial charge >= 0.3 is 5.97 Å². The lowest BCUT2D eigenvalue weighted by atomic mass is 10.2. The maximum absolute atomic E-state index is 13.5. The van der Waals surface area contributed by atoms with Crippen LogP contribution in [0.1, 0.15) is 19.4 Å². The maximum Gasteiger partial charge on any atom is 0.326 e. The van der Waals surface area contributed by atoms with Gasteiger partial charge in [0, 0.05) is 0 Å². The highest BCUT2D eigenvalue weighted by Crippen LogP contribution is 2.18. The van der Waals surface area contributed by atoms with Crippen LogP contribution in [0, 0.1) is 12.7 Å². The van der Waals surface area contributed by atoms with Gasteiger partial charge in [-0.3, -0.25) is 4.79 Å². The molecule has 0 bridgehead atoms. The predicted molar refractivity (Wildman–Crippen MR) is 70.7 cm³/mol. The van der Waals surface area contributed by atoms with E-state index in [9.17, 15) is 9.18 Å². The van der Waals surface area contributed by atoms with E-state index in [0.717, 1.165) is 5.56 Å².